The molecule has 0 saturated heterocycles. The Morgan fingerprint density at radius 1 is 0.190 bits per heavy atom. The molecule has 0 bridgehead atoms. The minimum Gasteiger partial charge on any atom is -0.324 e. The Labute approximate surface area is 269 Å². The molecule has 0 rings (SSSR count). The number of hydrogen-bond donors (Lipinski definition) is 0. The van der Waals surface area contributed by atoms with Crippen LogP contribution in [0.2, 0.25) is 0 Å². The molecule has 0 aliphatic rings. The molecule has 0 N–H and O–H groups in total. The summed E-state index contributed by atoms with van der Waals surface area (Å²) in [7, 11) is 0. The van der Waals surface area contributed by atoms with Crippen molar-refractivity contribution in [3.8, 4) is 0 Å². The van der Waals surface area contributed by atoms with Crippen LogP contribution in [0.5, 0.6) is 0 Å². The first kappa shape index (κ1) is 42.0. The normalized spacial score (nSPS) is 12.0. The molecular weight excluding hydrogens is 506 g/mol. The fourth-order valence-corrected chi connectivity index (χ4v) is 7.17. The number of rotatable bonds is 37. The molecule has 0 heterocycles. The maximum absolute atomic E-state index is 2.35. The second-order valence-corrected chi connectivity index (χ2v) is 14.5. The summed E-state index contributed by atoms with van der Waals surface area (Å²) in [6, 6.07) is 0. The first-order valence-corrected chi connectivity index (χ1v) is 20.6. The zero-order valence-electron chi connectivity index (χ0n) is 30.6. The van der Waals surface area contributed by atoms with Gasteiger partial charge in [-0.15, -0.1) is 0 Å². The van der Waals surface area contributed by atoms with Crippen LogP contribution in [-0.2, 0) is 0 Å². The Hall–Kier alpha value is -0.0400. The van der Waals surface area contributed by atoms with E-state index in [9.17, 15) is 0 Å². The van der Waals surface area contributed by atoms with E-state index in [2.05, 4.69) is 27.7 Å². The molecule has 0 radical (unpaired) electrons. The van der Waals surface area contributed by atoms with Gasteiger partial charge < -0.3 is 4.48 Å². The number of quaternary nitrogens is 1. The summed E-state index contributed by atoms with van der Waals surface area (Å²) in [4.78, 5) is 0. The SMILES string of the molecule is CCCCCCCCCCC[N+](CCCCCCCC)(CCCCCCCCCCC)CCCCCCCCCCC. The van der Waals surface area contributed by atoms with E-state index in [1.54, 1.807) is 0 Å². The summed E-state index contributed by atoms with van der Waals surface area (Å²) < 4.78 is 1.48. The van der Waals surface area contributed by atoms with Crippen molar-refractivity contribution in [1.82, 2.24) is 0 Å². The van der Waals surface area contributed by atoms with Gasteiger partial charge in [0, 0.05) is 0 Å². The van der Waals surface area contributed by atoms with Gasteiger partial charge in [-0.2, -0.15) is 0 Å². The fourth-order valence-electron chi connectivity index (χ4n) is 7.17. The molecular formula is C41H86N+. The summed E-state index contributed by atoms with van der Waals surface area (Å²) in [5.41, 5.74) is 0. The Morgan fingerprint density at radius 2 is 0.333 bits per heavy atom. The van der Waals surface area contributed by atoms with Gasteiger partial charge in [0.2, 0.25) is 0 Å². The van der Waals surface area contributed by atoms with Gasteiger partial charge in [0.05, 0.1) is 26.2 Å². The van der Waals surface area contributed by atoms with Crippen LogP contribution in [0, 0.1) is 0 Å². The summed E-state index contributed by atoms with van der Waals surface area (Å²) in [5.74, 6) is 0. The van der Waals surface area contributed by atoms with Crippen LogP contribution in [0.1, 0.15) is 240 Å². The summed E-state index contributed by atoms with van der Waals surface area (Å²) in [6.45, 7) is 15.3. The van der Waals surface area contributed by atoms with Crippen molar-refractivity contribution in [3.63, 3.8) is 0 Å². The lowest BCUT2D eigenvalue weighted by molar-refractivity contribution is -0.929. The first-order valence-electron chi connectivity index (χ1n) is 20.6. The van der Waals surface area contributed by atoms with Crippen molar-refractivity contribution >= 4 is 0 Å². The van der Waals surface area contributed by atoms with Crippen molar-refractivity contribution in [2.45, 2.75) is 240 Å². The van der Waals surface area contributed by atoms with E-state index in [0.717, 1.165) is 0 Å². The van der Waals surface area contributed by atoms with Crippen LogP contribution in [-0.4, -0.2) is 30.7 Å². The largest absolute Gasteiger partial charge is 0.324 e. The molecule has 0 aliphatic heterocycles. The first-order chi connectivity index (χ1) is 20.7. The third-order valence-corrected chi connectivity index (χ3v) is 10.2. The highest BCUT2D eigenvalue weighted by Gasteiger charge is 2.25. The molecule has 0 aliphatic carbocycles. The van der Waals surface area contributed by atoms with E-state index >= 15 is 0 Å². The number of nitrogens with zero attached hydrogens (tertiary/aromatic N) is 1. The number of unbranched alkanes of at least 4 members (excludes halogenated alkanes) is 29. The van der Waals surface area contributed by atoms with Crippen LogP contribution < -0.4 is 0 Å². The van der Waals surface area contributed by atoms with Crippen LogP contribution in [0.25, 0.3) is 0 Å². The molecule has 0 fully saturated rings. The molecule has 1 nitrogen and oxygen atoms in total. The van der Waals surface area contributed by atoms with E-state index in [0.29, 0.717) is 0 Å². The van der Waals surface area contributed by atoms with E-state index < -0.39 is 0 Å². The smallest absolute Gasteiger partial charge is 0.0786 e. The molecule has 0 atom stereocenters. The van der Waals surface area contributed by atoms with Crippen molar-refractivity contribution in [3.05, 3.63) is 0 Å². The predicted octanol–water partition coefficient (Wildman–Crippen LogP) is 14.8. The lowest BCUT2D eigenvalue weighted by Gasteiger charge is -2.40. The molecule has 0 aromatic rings. The van der Waals surface area contributed by atoms with Crippen LogP contribution in [0.4, 0.5) is 0 Å². The summed E-state index contributed by atoms with van der Waals surface area (Å²) >= 11 is 0. The highest BCUT2D eigenvalue weighted by molar-refractivity contribution is 4.56. The van der Waals surface area contributed by atoms with Crippen LogP contribution in [0.15, 0.2) is 0 Å². The zero-order chi connectivity index (χ0) is 30.7. The topological polar surface area (TPSA) is 0 Å². The minimum absolute atomic E-state index is 1.37. The third-order valence-electron chi connectivity index (χ3n) is 10.2. The monoisotopic (exact) mass is 593 g/mol. The van der Waals surface area contributed by atoms with Crippen LogP contribution >= 0.6 is 0 Å². The average molecular weight is 593 g/mol. The summed E-state index contributed by atoms with van der Waals surface area (Å²) in [6.07, 6.45) is 48.2. The van der Waals surface area contributed by atoms with Gasteiger partial charge in [0.25, 0.3) is 0 Å². The maximum Gasteiger partial charge on any atom is 0.0786 e. The lowest BCUT2D eigenvalue weighted by atomic mass is 10.0. The van der Waals surface area contributed by atoms with Gasteiger partial charge in [-0.1, -0.05) is 188 Å². The van der Waals surface area contributed by atoms with Crippen molar-refractivity contribution < 1.29 is 4.48 Å². The van der Waals surface area contributed by atoms with Crippen molar-refractivity contribution in [1.29, 1.82) is 0 Å². The van der Waals surface area contributed by atoms with Gasteiger partial charge in [0.1, 0.15) is 0 Å². The lowest BCUT2D eigenvalue weighted by Crippen LogP contribution is -2.50. The summed E-state index contributed by atoms with van der Waals surface area (Å²) in [5, 5.41) is 0. The predicted molar refractivity (Wildman–Crippen MR) is 195 cm³/mol. The van der Waals surface area contributed by atoms with Gasteiger partial charge in [-0.3, -0.25) is 0 Å². The van der Waals surface area contributed by atoms with Gasteiger partial charge in [0.15, 0.2) is 0 Å². The third kappa shape index (κ3) is 30.0. The molecule has 42 heavy (non-hydrogen) atoms. The Morgan fingerprint density at radius 3 is 0.500 bits per heavy atom. The fraction of sp³-hybridized carbons (Fsp3) is 1.00. The number of hydrogen-bond acceptors (Lipinski definition) is 0. The molecule has 0 saturated carbocycles. The molecule has 0 unspecified atom stereocenters. The second kappa shape index (κ2) is 35.4. The standard InChI is InChI=1S/C41H86N/c1-5-9-13-17-21-24-27-31-35-39-42(38-34-30-20-16-12-8-4,40-36-32-28-25-22-18-14-10-6-2)41-37-33-29-26-23-19-15-11-7-3/h5-41H2,1-4H3/q+1. The Balaban J connectivity index is 4.78. The van der Waals surface area contributed by atoms with Crippen LogP contribution in [0.3, 0.4) is 0 Å². The molecule has 1 heteroatoms. The zero-order valence-corrected chi connectivity index (χ0v) is 30.6. The van der Waals surface area contributed by atoms with Gasteiger partial charge >= 0.3 is 0 Å². The minimum atomic E-state index is 1.37. The van der Waals surface area contributed by atoms with E-state index in [1.165, 1.54) is 243 Å². The van der Waals surface area contributed by atoms with E-state index in [4.69, 9.17) is 0 Å². The average Bonchev–Trinajstić information content (AvgIpc) is 3.00. The van der Waals surface area contributed by atoms with E-state index in [1.807, 2.05) is 0 Å². The van der Waals surface area contributed by atoms with E-state index in [-0.39, 0.29) is 0 Å². The molecule has 0 aromatic carbocycles. The van der Waals surface area contributed by atoms with Crippen molar-refractivity contribution in [2.75, 3.05) is 26.2 Å². The van der Waals surface area contributed by atoms with Crippen molar-refractivity contribution in [2.24, 2.45) is 0 Å². The molecule has 254 valence electrons. The molecule has 0 spiro atoms. The Kier molecular flexibility index (Phi) is 35.4. The second-order valence-electron chi connectivity index (χ2n) is 14.5. The quantitative estimate of drug-likeness (QED) is 0.0497. The Bertz CT molecular complexity index is 416. The van der Waals surface area contributed by atoms with Gasteiger partial charge in [-0.25, -0.2) is 0 Å². The van der Waals surface area contributed by atoms with Gasteiger partial charge in [-0.05, 0) is 51.4 Å². The molecule has 0 amide bonds. The maximum atomic E-state index is 2.35. The molecule has 0 aromatic heterocycles. The highest BCUT2D eigenvalue weighted by atomic mass is 15.3. The highest BCUT2D eigenvalue weighted by Crippen LogP contribution is 2.21.